The second kappa shape index (κ2) is 3.31. The van der Waals surface area contributed by atoms with Crippen LogP contribution in [0.5, 0.6) is 0 Å². The first-order chi connectivity index (χ1) is 6.66. The minimum Gasteiger partial charge on any atom is -0.383 e. The van der Waals surface area contributed by atoms with Crippen LogP contribution in [0.25, 0.3) is 0 Å². The van der Waals surface area contributed by atoms with Gasteiger partial charge in [0.25, 0.3) is 0 Å². The van der Waals surface area contributed by atoms with Crippen LogP contribution in [0.4, 0.5) is 5.69 Å². The Labute approximate surface area is 82.3 Å². The van der Waals surface area contributed by atoms with Gasteiger partial charge in [0, 0.05) is 23.8 Å². The van der Waals surface area contributed by atoms with Gasteiger partial charge in [-0.25, -0.2) is 0 Å². The van der Waals surface area contributed by atoms with Crippen LogP contribution in [0, 0.1) is 0 Å². The summed E-state index contributed by atoms with van der Waals surface area (Å²) < 4.78 is 0. The Kier molecular flexibility index (Phi) is 2.13. The molecule has 1 aromatic rings. The molecular formula is C10H13N3O. The van der Waals surface area contributed by atoms with Crippen LogP contribution in [-0.2, 0) is 6.42 Å². The number of primary amides is 1. The molecule has 0 saturated carbocycles. The van der Waals surface area contributed by atoms with E-state index in [1.807, 2.05) is 12.1 Å². The maximum atomic E-state index is 10.9. The molecule has 14 heavy (non-hydrogen) atoms. The number of rotatable bonds is 1. The van der Waals surface area contributed by atoms with Gasteiger partial charge in [0.15, 0.2) is 0 Å². The molecule has 4 heteroatoms. The number of nitrogens with one attached hydrogen (secondary N) is 1. The minimum atomic E-state index is -0.396. The fourth-order valence-corrected chi connectivity index (χ4v) is 1.68. The van der Waals surface area contributed by atoms with Crippen LogP contribution in [0.1, 0.15) is 15.9 Å². The van der Waals surface area contributed by atoms with Crippen molar-refractivity contribution in [3.63, 3.8) is 0 Å². The molecule has 0 saturated heterocycles. The van der Waals surface area contributed by atoms with Gasteiger partial charge in [0.2, 0.25) is 5.91 Å². The largest absolute Gasteiger partial charge is 0.383 e. The molecule has 1 aliphatic rings. The van der Waals surface area contributed by atoms with Crippen LogP contribution in [0.3, 0.4) is 0 Å². The van der Waals surface area contributed by atoms with Gasteiger partial charge in [0.05, 0.1) is 0 Å². The van der Waals surface area contributed by atoms with Crippen LogP contribution >= 0.6 is 0 Å². The molecule has 0 radical (unpaired) electrons. The van der Waals surface area contributed by atoms with Gasteiger partial charge in [-0.2, -0.15) is 0 Å². The fourth-order valence-electron chi connectivity index (χ4n) is 1.68. The number of nitrogens with two attached hydrogens (primary N) is 2. The number of anilines is 1. The summed E-state index contributed by atoms with van der Waals surface area (Å²) in [6, 6.07) is 5.53. The molecule has 0 fully saturated rings. The Morgan fingerprint density at radius 3 is 3.00 bits per heavy atom. The second-order valence-corrected chi connectivity index (χ2v) is 3.58. The maximum absolute atomic E-state index is 10.9. The Bertz CT molecular complexity index is 376. The summed E-state index contributed by atoms with van der Waals surface area (Å²) in [5, 5.41) is 3.20. The Hall–Kier alpha value is -1.55. The van der Waals surface area contributed by atoms with Crippen molar-refractivity contribution in [3.8, 4) is 0 Å². The predicted octanol–water partition coefficient (Wildman–Crippen LogP) is 0.0808. The number of carbonyl (C=O) groups excluding carboxylic acids is 1. The molecule has 1 amide bonds. The van der Waals surface area contributed by atoms with Gasteiger partial charge < -0.3 is 16.8 Å². The summed E-state index contributed by atoms with van der Waals surface area (Å²) in [6.45, 7) is 0.781. The first-order valence-electron chi connectivity index (χ1n) is 4.59. The normalized spacial score (nSPS) is 19.6. The molecule has 0 spiro atoms. The van der Waals surface area contributed by atoms with Gasteiger partial charge in [0.1, 0.15) is 0 Å². The van der Waals surface area contributed by atoms with Crippen LogP contribution in [-0.4, -0.2) is 18.5 Å². The van der Waals surface area contributed by atoms with Gasteiger partial charge in [-0.15, -0.1) is 0 Å². The molecule has 0 aromatic heterocycles. The third-order valence-electron chi connectivity index (χ3n) is 2.43. The summed E-state index contributed by atoms with van der Waals surface area (Å²) in [5.41, 5.74) is 13.7. The molecule has 1 aliphatic heterocycles. The van der Waals surface area contributed by atoms with Crippen molar-refractivity contribution in [3.05, 3.63) is 29.3 Å². The van der Waals surface area contributed by atoms with Gasteiger partial charge in [-0.3, -0.25) is 4.79 Å². The van der Waals surface area contributed by atoms with Crippen LogP contribution in [0.15, 0.2) is 18.2 Å². The number of carbonyl (C=O) groups is 1. The lowest BCUT2D eigenvalue weighted by molar-refractivity contribution is 0.1000. The zero-order valence-electron chi connectivity index (χ0n) is 7.79. The van der Waals surface area contributed by atoms with E-state index < -0.39 is 5.91 Å². The van der Waals surface area contributed by atoms with E-state index in [0.717, 1.165) is 24.2 Å². The Morgan fingerprint density at radius 2 is 2.29 bits per heavy atom. The number of amides is 1. The third-order valence-corrected chi connectivity index (χ3v) is 2.43. The molecule has 1 heterocycles. The van der Waals surface area contributed by atoms with E-state index in [1.54, 1.807) is 6.07 Å². The van der Waals surface area contributed by atoms with Crippen molar-refractivity contribution in [1.29, 1.82) is 0 Å². The third kappa shape index (κ3) is 1.56. The summed E-state index contributed by atoms with van der Waals surface area (Å²) in [5.74, 6) is -0.396. The number of fused-ring (bicyclic) bond motifs is 1. The van der Waals surface area contributed by atoms with Gasteiger partial charge >= 0.3 is 0 Å². The zero-order chi connectivity index (χ0) is 10.1. The average Bonchev–Trinajstić information content (AvgIpc) is 2.16. The fraction of sp³-hybridized carbons (Fsp3) is 0.300. The number of hydrogen-bond acceptors (Lipinski definition) is 3. The SMILES string of the molecule is NC(=O)c1ccc2c(c1)C[C@H](N)CN2. The molecule has 0 aliphatic carbocycles. The summed E-state index contributed by atoms with van der Waals surface area (Å²) in [7, 11) is 0. The minimum absolute atomic E-state index is 0.116. The highest BCUT2D eigenvalue weighted by molar-refractivity contribution is 5.93. The first-order valence-corrected chi connectivity index (χ1v) is 4.59. The van der Waals surface area contributed by atoms with E-state index in [-0.39, 0.29) is 6.04 Å². The molecular weight excluding hydrogens is 178 g/mol. The van der Waals surface area contributed by atoms with E-state index in [9.17, 15) is 4.79 Å². The zero-order valence-corrected chi connectivity index (χ0v) is 7.79. The molecule has 1 atom stereocenters. The second-order valence-electron chi connectivity index (χ2n) is 3.58. The average molecular weight is 191 g/mol. The molecule has 5 N–H and O–H groups in total. The number of hydrogen-bond donors (Lipinski definition) is 3. The van der Waals surface area contributed by atoms with Crippen molar-refractivity contribution < 1.29 is 4.79 Å². The predicted molar refractivity (Wildman–Crippen MR) is 55.1 cm³/mol. The smallest absolute Gasteiger partial charge is 0.248 e. The van der Waals surface area contributed by atoms with E-state index in [0.29, 0.717) is 5.56 Å². The van der Waals surface area contributed by atoms with Crippen molar-refractivity contribution in [2.24, 2.45) is 11.5 Å². The van der Waals surface area contributed by atoms with E-state index >= 15 is 0 Å². The molecule has 74 valence electrons. The van der Waals surface area contributed by atoms with Crippen molar-refractivity contribution >= 4 is 11.6 Å². The topological polar surface area (TPSA) is 81.1 Å². The maximum Gasteiger partial charge on any atom is 0.248 e. The van der Waals surface area contributed by atoms with E-state index in [4.69, 9.17) is 11.5 Å². The van der Waals surface area contributed by atoms with Crippen molar-refractivity contribution in [1.82, 2.24) is 0 Å². The van der Waals surface area contributed by atoms with Crippen molar-refractivity contribution in [2.75, 3.05) is 11.9 Å². The first kappa shape index (κ1) is 9.02. The van der Waals surface area contributed by atoms with E-state index in [1.165, 1.54) is 0 Å². The summed E-state index contributed by atoms with van der Waals surface area (Å²) >= 11 is 0. The lowest BCUT2D eigenvalue weighted by atomic mass is 9.98. The van der Waals surface area contributed by atoms with E-state index in [2.05, 4.69) is 5.32 Å². The lowest BCUT2D eigenvalue weighted by Gasteiger charge is -2.23. The Morgan fingerprint density at radius 1 is 1.50 bits per heavy atom. The lowest BCUT2D eigenvalue weighted by Crippen LogP contribution is -2.35. The number of benzene rings is 1. The molecule has 2 rings (SSSR count). The molecule has 1 aromatic carbocycles. The highest BCUT2D eigenvalue weighted by atomic mass is 16.1. The molecule has 0 unspecified atom stereocenters. The van der Waals surface area contributed by atoms with Gasteiger partial charge in [-0.1, -0.05) is 0 Å². The highest BCUT2D eigenvalue weighted by Gasteiger charge is 2.15. The highest BCUT2D eigenvalue weighted by Crippen LogP contribution is 2.22. The quantitative estimate of drug-likeness (QED) is 0.588. The van der Waals surface area contributed by atoms with Crippen molar-refractivity contribution in [2.45, 2.75) is 12.5 Å². The standard InChI is InChI=1S/C10H13N3O/c11-8-4-7-3-6(10(12)14)1-2-9(7)13-5-8/h1-3,8,13H,4-5,11H2,(H2,12,14)/t8-/m0/s1. The van der Waals surface area contributed by atoms with Crippen LogP contribution in [0.2, 0.25) is 0 Å². The molecule has 0 bridgehead atoms. The molecule has 4 nitrogen and oxygen atoms in total. The van der Waals surface area contributed by atoms with Gasteiger partial charge in [-0.05, 0) is 30.2 Å². The monoisotopic (exact) mass is 191 g/mol. The Balaban J connectivity index is 2.37. The van der Waals surface area contributed by atoms with Crippen LogP contribution < -0.4 is 16.8 Å². The summed E-state index contributed by atoms with van der Waals surface area (Å²) in [4.78, 5) is 10.9. The summed E-state index contributed by atoms with van der Waals surface area (Å²) in [6.07, 6.45) is 0.795.